The Morgan fingerprint density at radius 1 is 0.738 bits per heavy atom. The Hall–Kier alpha value is -1.11. The van der Waals surface area contributed by atoms with Crippen LogP contribution in [0, 0.1) is 0 Å². The first kappa shape index (κ1) is 35.4. The normalized spacial score (nSPS) is 14.3. The van der Waals surface area contributed by atoms with Crippen LogP contribution in [0.2, 0.25) is 20.1 Å². The van der Waals surface area contributed by atoms with Gasteiger partial charge in [-0.2, -0.15) is 0 Å². The predicted molar refractivity (Wildman–Crippen MR) is 186 cm³/mol. The largest absolute Gasteiger partial charge is 0.277 e. The molecule has 0 atom stereocenters. The van der Waals surface area contributed by atoms with Crippen LogP contribution < -0.4 is 10.4 Å². The second-order valence-electron chi connectivity index (χ2n) is 11.1. The van der Waals surface area contributed by atoms with Crippen molar-refractivity contribution in [1.29, 1.82) is 0 Å². The second kappa shape index (κ2) is 20.0. The molecule has 0 radical (unpaired) electrons. The number of benzene rings is 2. The molecule has 9 heteroatoms. The van der Waals surface area contributed by atoms with Crippen molar-refractivity contribution in [3.63, 3.8) is 0 Å². The molecule has 0 aliphatic carbocycles. The molecular formula is C33H45Cl4N3OS. The molecule has 2 aromatic rings. The fourth-order valence-corrected chi connectivity index (χ4v) is 7.19. The van der Waals surface area contributed by atoms with Gasteiger partial charge in [-0.15, -0.1) is 11.8 Å². The lowest BCUT2D eigenvalue weighted by atomic mass is 10.0. The number of thioether (sulfide) groups is 1. The van der Waals surface area contributed by atoms with Crippen molar-refractivity contribution in [2.45, 2.75) is 121 Å². The highest BCUT2D eigenvalue weighted by Crippen LogP contribution is 2.38. The Bertz CT molecular complexity index is 1140. The van der Waals surface area contributed by atoms with Gasteiger partial charge in [0, 0.05) is 9.92 Å². The highest BCUT2D eigenvalue weighted by Gasteiger charge is 2.30. The highest BCUT2D eigenvalue weighted by atomic mass is 35.5. The molecule has 0 saturated carbocycles. The molecule has 1 saturated heterocycles. The topological polar surface area (TPSA) is 44.7 Å². The molecule has 232 valence electrons. The van der Waals surface area contributed by atoms with Crippen LogP contribution in [-0.4, -0.2) is 17.5 Å². The van der Waals surface area contributed by atoms with Crippen LogP contribution in [0.15, 0.2) is 40.2 Å². The summed E-state index contributed by atoms with van der Waals surface area (Å²) in [5.74, 6) is 1.32. The molecule has 3 rings (SSSR count). The molecule has 1 fully saturated rings. The fraction of sp³-hybridized carbons (Fsp3) is 0.576. The molecule has 1 aliphatic rings. The first-order valence-corrected chi connectivity index (χ1v) is 18.1. The lowest BCUT2D eigenvalue weighted by molar-refractivity contribution is -0.116. The average Bonchev–Trinajstić information content (AvgIpc) is 3.30. The number of aliphatic imine (C=N–C) groups is 1. The molecule has 42 heavy (non-hydrogen) atoms. The van der Waals surface area contributed by atoms with Crippen molar-refractivity contribution >= 4 is 81.3 Å². The molecule has 0 spiro atoms. The quantitative estimate of drug-likeness (QED) is 0.112. The minimum atomic E-state index is -0.218. The Balaban J connectivity index is 1.30. The zero-order valence-electron chi connectivity index (χ0n) is 24.8. The molecule has 0 aromatic heterocycles. The average molecular weight is 674 g/mol. The standard InChI is InChI=1S/C33H45Cl4N3OS/c1-2-3-4-5-6-7-8-9-10-11-12-13-14-15-16-17-20-42-26-18-19-27(35)30(23-26)38-31-24-32(41)40(39-31)33-28(36)21-25(34)22-29(33)37/h18-19,21-23H,2-17,20,24H2,1H3,(H,38,39). The summed E-state index contributed by atoms with van der Waals surface area (Å²) in [6.07, 6.45) is 22.1. The number of hydrazine groups is 1. The number of nitrogens with one attached hydrogen (secondary N) is 1. The van der Waals surface area contributed by atoms with Crippen LogP contribution in [0.3, 0.4) is 0 Å². The van der Waals surface area contributed by atoms with Gasteiger partial charge in [-0.1, -0.05) is 150 Å². The predicted octanol–water partition coefficient (Wildman–Crippen LogP) is 12.6. The van der Waals surface area contributed by atoms with Crippen LogP contribution in [0.1, 0.15) is 116 Å². The Morgan fingerprint density at radius 2 is 1.26 bits per heavy atom. The highest BCUT2D eigenvalue weighted by molar-refractivity contribution is 7.99. The Morgan fingerprint density at radius 3 is 1.81 bits per heavy atom. The zero-order valence-corrected chi connectivity index (χ0v) is 28.7. The van der Waals surface area contributed by atoms with E-state index in [1.807, 2.05) is 30.0 Å². The molecule has 4 nitrogen and oxygen atoms in total. The smallest absolute Gasteiger partial charge is 0.253 e. The summed E-state index contributed by atoms with van der Waals surface area (Å²) in [6, 6.07) is 8.95. The zero-order chi connectivity index (χ0) is 30.2. The van der Waals surface area contributed by atoms with Crippen molar-refractivity contribution in [3.8, 4) is 0 Å². The van der Waals surface area contributed by atoms with E-state index in [2.05, 4.69) is 17.3 Å². The molecule has 1 N–H and O–H groups in total. The maximum Gasteiger partial charge on any atom is 0.253 e. The number of anilines is 1. The summed E-state index contributed by atoms with van der Waals surface area (Å²) < 4.78 is 0. The van der Waals surface area contributed by atoms with Gasteiger partial charge in [0.2, 0.25) is 0 Å². The van der Waals surface area contributed by atoms with Crippen molar-refractivity contribution in [2.24, 2.45) is 4.99 Å². The van der Waals surface area contributed by atoms with E-state index < -0.39 is 0 Å². The van der Waals surface area contributed by atoms with E-state index in [-0.39, 0.29) is 22.4 Å². The van der Waals surface area contributed by atoms with Gasteiger partial charge >= 0.3 is 0 Å². The number of unbranched alkanes of at least 4 members (excludes halogenated alkanes) is 15. The molecule has 0 bridgehead atoms. The van der Waals surface area contributed by atoms with Gasteiger partial charge in [0.15, 0.2) is 0 Å². The SMILES string of the molecule is CCCCCCCCCCCCCCCCCCSc1ccc(Cl)c(N=C2CC(=O)N(c3c(Cl)cc(Cl)cc3Cl)N2)c1. The first-order chi connectivity index (χ1) is 20.4. The minimum absolute atomic E-state index is 0.0855. The van der Waals surface area contributed by atoms with E-state index in [0.29, 0.717) is 27.3 Å². The first-order valence-electron chi connectivity index (χ1n) is 15.6. The van der Waals surface area contributed by atoms with E-state index in [1.54, 1.807) is 12.1 Å². The molecule has 0 unspecified atom stereocenters. The number of amides is 1. The summed E-state index contributed by atoms with van der Waals surface area (Å²) in [5, 5.41) is 2.79. The number of nitrogens with zero attached hydrogens (tertiary/aromatic N) is 2. The minimum Gasteiger partial charge on any atom is -0.277 e. The van der Waals surface area contributed by atoms with E-state index in [9.17, 15) is 4.79 Å². The van der Waals surface area contributed by atoms with E-state index >= 15 is 0 Å². The van der Waals surface area contributed by atoms with Gasteiger partial charge in [-0.25, -0.2) is 10.0 Å². The van der Waals surface area contributed by atoms with Gasteiger partial charge in [0.1, 0.15) is 11.5 Å². The number of carbonyl (C=O) groups is 1. The number of amidine groups is 1. The summed E-state index contributed by atoms with van der Waals surface area (Å²) >= 11 is 26.9. The van der Waals surface area contributed by atoms with Crippen molar-refractivity contribution in [3.05, 3.63) is 50.4 Å². The number of carbonyl (C=O) groups excluding carboxylic acids is 1. The Labute approximate surface area is 277 Å². The van der Waals surface area contributed by atoms with Gasteiger partial charge in [0.05, 0.1) is 27.2 Å². The molecule has 1 aliphatic heterocycles. The maximum atomic E-state index is 12.7. The van der Waals surface area contributed by atoms with Crippen LogP contribution >= 0.6 is 58.2 Å². The van der Waals surface area contributed by atoms with Gasteiger partial charge in [-0.3, -0.25) is 10.2 Å². The fourth-order valence-electron chi connectivity index (χ4n) is 5.10. The third-order valence-electron chi connectivity index (χ3n) is 7.45. The number of halogens is 4. The van der Waals surface area contributed by atoms with E-state index in [4.69, 9.17) is 46.4 Å². The Kier molecular flexibility index (Phi) is 16.9. The summed E-state index contributed by atoms with van der Waals surface area (Å²) in [4.78, 5) is 18.4. The van der Waals surface area contributed by atoms with Crippen LogP contribution in [0.4, 0.5) is 11.4 Å². The molecule has 2 aromatic carbocycles. The van der Waals surface area contributed by atoms with Crippen LogP contribution in [0.5, 0.6) is 0 Å². The third-order valence-corrected chi connectivity index (χ3v) is 9.65. The number of rotatable bonds is 20. The molecular weight excluding hydrogens is 628 g/mol. The summed E-state index contributed by atoms with van der Waals surface area (Å²) in [7, 11) is 0. The number of hydrogen-bond donors (Lipinski definition) is 1. The van der Waals surface area contributed by atoms with Crippen molar-refractivity contribution < 1.29 is 4.79 Å². The van der Waals surface area contributed by atoms with E-state index in [0.717, 1.165) is 10.6 Å². The van der Waals surface area contributed by atoms with Crippen molar-refractivity contribution in [1.82, 2.24) is 5.43 Å². The molecule has 1 heterocycles. The summed E-state index contributed by atoms with van der Waals surface area (Å²) in [5.41, 5.74) is 3.99. The maximum absolute atomic E-state index is 12.7. The van der Waals surface area contributed by atoms with E-state index in [1.165, 1.54) is 108 Å². The monoisotopic (exact) mass is 671 g/mol. The summed E-state index contributed by atoms with van der Waals surface area (Å²) in [6.45, 7) is 2.28. The lowest BCUT2D eigenvalue weighted by Crippen LogP contribution is -2.36. The van der Waals surface area contributed by atoms with Crippen LogP contribution in [-0.2, 0) is 4.79 Å². The third kappa shape index (κ3) is 12.5. The van der Waals surface area contributed by atoms with Gasteiger partial charge < -0.3 is 0 Å². The lowest BCUT2D eigenvalue weighted by Gasteiger charge is -2.19. The van der Waals surface area contributed by atoms with Gasteiger partial charge in [0.25, 0.3) is 5.91 Å². The number of hydrogen-bond acceptors (Lipinski definition) is 3. The molecule has 1 amide bonds. The second-order valence-corrected chi connectivity index (χ2v) is 13.9. The van der Waals surface area contributed by atoms with Crippen molar-refractivity contribution in [2.75, 3.05) is 10.8 Å². The van der Waals surface area contributed by atoms with Gasteiger partial charge in [-0.05, 0) is 42.5 Å². The van der Waals surface area contributed by atoms with Crippen LogP contribution in [0.25, 0.3) is 0 Å².